The fourth-order valence-electron chi connectivity index (χ4n) is 5.31. The molecular formula is C28H39F3N2O3. The van der Waals surface area contributed by atoms with Crippen molar-refractivity contribution in [2.24, 2.45) is 17.8 Å². The lowest BCUT2D eigenvalue weighted by molar-refractivity contribution is -0.125. The highest BCUT2D eigenvalue weighted by atomic mass is 19.3. The van der Waals surface area contributed by atoms with Crippen LogP contribution in [0.4, 0.5) is 13.2 Å². The number of nitrogens with zero attached hydrogens (tertiary/aromatic N) is 1. The highest BCUT2D eigenvalue weighted by Gasteiger charge is 2.56. The van der Waals surface area contributed by atoms with Crippen LogP contribution in [0.15, 0.2) is 18.2 Å². The van der Waals surface area contributed by atoms with Gasteiger partial charge in [-0.2, -0.15) is 0 Å². The lowest BCUT2D eigenvalue weighted by Crippen LogP contribution is -2.48. The minimum absolute atomic E-state index is 0.0516. The monoisotopic (exact) mass is 508 g/mol. The van der Waals surface area contributed by atoms with Crippen LogP contribution in [0.3, 0.4) is 0 Å². The average molecular weight is 509 g/mol. The number of hydrogen-bond donors (Lipinski definition) is 1. The summed E-state index contributed by atoms with van der Waals surface area (Å²) in [5.41, 5.74) is 0.682. The molecular weight excluding hydrogens is 469 g/mol. The van der Waals surface area contributed by atoms with E-state index >= 15 is 4.39 Å². The quantitative estimate of drug-likeness (QED) is 0.503. The van der Waals surface area contributed by atoms with Crippen LogP contribution < -0.4 is 5.32 Å². The first-order chi connectivity index (χ1) is 17.0. The minimum atomic E-state index is -2.65. The Labute approximate surface area is 212 Å². The van der Waals surface area contributed by atoms with Crippen LogP contribution in [0.2, 0.25) is 0 Å². The van der Waals surface area contributed by atoms with Crippen LogP contribution in [-0.4, -0.2) is 55.0 Å². The molecule has 1 N–H and O–H groups in total. The van der Waals surface area contributed by atoms with Gasteiger partial charge in [-0.1, -0.05) is 45.2 Å². The maximum Gasteiger partial charge on any atom is 0.258 e. The first-order valence-electron chi connectivity index (χ1n) is 13.2. The zero-order valence-corrected chi connectivity index (χ0v) is 21.6. The fourth-order valence-corrected chi connectivity index (χ4v) is 5.31. The summed E-state index contributed by atoms with van der Waals surface area (Å²) in [6.45, 7) is 5.56. The number of piperidine rings is 1. The number of aldehydes is 1. The molecule has 1 saturated heterocycles. The van der Waals surface area contributed by atoms with E-state index in [0.717, 1.165) is 51.6 Å². The van der Waals surface area contributed by atoms with E-state index in [0.29, 0.717) is 11.8 Å². The van der Waals surface area contributed by atoms with Crippen molar-refractivity contribution in [1.29, 1.82) is 0 Å². The normalized spacial score (nSPS) is 24.9. The molecule has 0 aromatic heterocycles. The topological polar surface area (TPSA) is 66.5 Å². The second-order valence-electron chi connectivity index (χ2n) is 10.9. The van der Waals surface area contributed by atoms with E-state index in [4.69, 9.17) is 0 Å². The lowest BCUT2D eigenvalue weighted by Gasteiger charge is -2.32. The number of Topliss-reactive ketones (excluding diaryl/α,β-unsaturated/α-hetero) is 1. The van der Waals surface area contributed by atoms with Crippen molar-refractivity contribution < 1.29 is 27.6 Å². The molecule has 3 unspecified atom stereocenters. The van der Waals surface area contributed by atoms with Gasteiger partial charge >= 0.3 is 0 Å². The van der Waals surface area contributed by atoms with Crippen LogP contribution in [-0.2, 0) is 9.59 Å². The number of ketones is 1. The number of nitrogens with one attached hydrogen (secondary N) is 1. The van der Waals surface area contributed by atoms with Crippen LogP contribution >= 0.6 is 0 Å². The molecule has 2 aliphatic carbocycles. The number of amides is 1. The average Bonchev–Trinajstić information content (AvgIpc) is 3.49. The Morgan fingerprint density at radius 3 is 2.31 bits per heavy atom. The molecule has 4 rings (SSSR count). The summed E-state index contributed by atoms with van der Waals surface area (Å²) < 4.78 is 38.5. The number of alkyl halides is 2. The van der Waals surface area contributed by atoms with Crippen molar-refractivity contribution in [3.05, 3.63) is 35.1 Å². The van der Waals surface area contributed by atoms with Crippen molar-refractivity contribution in [2.45, 2.75) is 83.1 Å². The second kappa shape index (κ2) is 12.3. The molecule has 2 saturated carbocycles. The van der Waals surface area contributed by atoms with Gasteiger partial charge in [0, 0.05) is 18.9 Å². The lowest BCUT2D eigenvalue weighted by atomic mass is 9.80. The maximum atomic E-state index is 15.3. The molecule has 1 aromatic rings. The van der Waals surface area contributed by atoms with Crippen LogP contribution in [0.1, 0.15) is 87.1 Å². The van der Waals surface area contributed by atoms with Crippen LogP contribution in [0.25, 0.3) is 0 Å². The van der Waals surface area contributed by atoms with Gasteiger partial charge in [-0.3, -0.25) is 9.59 Å². The Hall–Kier alpha value is -2.22. The molecule has 5 nitrogen and oxygen atoms in total. The molecule has 3 fully saturated rings. The highest BCUT2D eigenvalue weighted by molar-refractivity contribution is 5.98. The maximum absolute atomic E-state index is 15.3. The predicted octanol–water partition coefficient (Wildman–Crippen LogP) is 5.38. The van der Waals surface area contributed by atoms with E-state index in [1.807, 2.05) is 20.9 Å². The van der Waals surface area contributed by atoms with Gasteiger partial charge in [0.15, 0.2) is 5.78 Å². The third kappa shape index (κ3) is 7.17. The van der Waals surface area contributed by atoms with E-state index < -0.39 is 29.6 Å². The second-order valence-corrected chi connectivity index (χ2v) is 10.9. The van der Waals surface area contributed by atoms with Crippen molar-refractivity contribution in [2.75, 3.05) is 20.1 Å². The smallest absolute Gasteiger partial charge is 0.258 e. The summed E-state index contributed by atoms with van der Waals surface area (Å²) in [5.74, 6) is -4.35. The number of carbonyl (C=O) groups is 3. The molecule has 3 atom stereocenters. The molecule has 1 aromatic carbocycles. The van der Waals surface area contributed by atoms with E-state index in [1.54, 1.807) is 18.2 Å². The van der Waals surface area contributed by atoms with Gasteiger partial charge in [-0.15, -0.1) is 0 Å². The SMILES string of the molecule is CC(C)C(=O)C(NC(=O)c1cccc(C2CCCN(C)C2)c1F)C1CCCCC1.O=CC1CC1(F)F. The van der Waals surface area contributed by atoms with Gasteiger partial charge in [-0.25, -0.2) is 13.2 Å². The molecule has 3 aliphatic rings. The summed E-state index contributed by atoms with van der Waals surface area (Å²) in [6.07, 6.45) is 7.27. The van der Waals surface area contributed by atoms with Crippen LogP contribution in [0.5, 0.6) is 0 Å². The molecule has 0 spiro atoms. The predicted molar refractivity (Wildman–Crippen MR) is 133 cm³/mol. The van der Waals surface area contributed by atoms with Crippen molar-refractivity contribution >= 4 is 18.0 Å². The van der Waals surface area contributed by atoms with E-state index in [1.165, 1.54) is 6.42 Å². The van der Waals surface area contributed by atoms with Crippen LogP contribution in [0, 0.1) is 23.6 Å². The number of benzene rings is 1. The van der Waals surface area contributed by atoms with E-state index in [2.05, 4.69) is 10.2 Å². The van der Waals surface area contributed by atoms with Crippen molar-refractivity contribution in [1.82, 2.24) is 10.2 Å². The number of likely N-dealkylation sites (N-methyl/N-ethyl adjacent to an activating group) is 1. The van der Waals surface area contributed by atoms with Gasteiger partial charge in [0.1, 0.15) is 12.1 Å². The minimum Gasteiger partial charge on any atom is -0.342 e. The van der Waals surface area contributed by atoms with Crippen molar-refractivity contribution in [3.63, 3.8) is 0 Å². The summed E-state index contributed by atoms with van der Waals surface area (Å²) in [4.78, 5) is 37.6. The molecule has 1 aliphatic heterocycles. The van der Waals surface area contributed by atoms with Gasteiger partial charge in [-0.05, 0) is 62.7 Å². The Bertz CT molecular complexity index is 931. The molecule has 8 heteroatoms. The number of rotatable bonds is 7. The Balaban J connectivity index is 0.000000444. The third-order valence-electron chi connectivity index (χ3n) is 7.66. The first kappa shape index (κ1) is 28.4. The molecule has 200 valence electrons. The third-order valence-corrected chi connectivity index (χ3v) is 7.66. The molecule has 1 amide bonds. The molecule has 0 radical (unpaired) electrons. The Morgan fingerprint density at radius 1 is 1.11 bits per heavy atom. The largest absolute Gasteiger partial charge is 0.342 e. The van der Waals surface area contributed by atoms with Gasteiger partial charge in [0.25, 0.3) is 11.8 Å². The summed E-state index contributed by atoms with van der Waals surface area (Å²) in [6, 6.07) is 4.58. The fraction of sp³-hybridized carbons (Fsp3) is 0.679. The van der Waals surface area contributed by atoms with Gasteiger partial charge in [0.2, 0.25) is 0 Å². The highest BCUT2D eigenvalue weighted by Crippen LogP contribution is 2.46. The molecule has 36 heavy (non-hydrogen) atoms. The summed E-state index contributed by atoms with van der Waals surface area (Å²) >= 11 is 0. The number of carbonyl (C=O) groups excluding carboxylic acids is 3. The molecule has 1 heterocycles. The van der Waals surface area contributed by atoms with Crippen molar-refractivity contribution in [3.8, 4) is 0 Å². The van der Waals surface area contributed by atoms with Gasteiger partial charge in [0.05, 0.1) is 17.5 Å². The zero-order chi connectivity index (χ0) is 26.5. The Morgan fingerprint density at radius 2 is 1.78 bits per heavy atom. The van der Waals surface area contributed by atoms with Gasteiger partial charge < -0.3 is 15.0 Å². The van der Waals surface area contributed by atoms with E-state index in [9.17, 15) is 23.2 Å². The Kier molecular flexibility index (Phi) is 9.72. The number of halogens is 3. The molecule has 0 bridgehead atoms. The standard InChI is InChI=1S/C24H35FN2O2.C4H4F2O/c1-16(2)23(28)22(17-9-5-4-6-10-17)26-24(29)20-13-7-12-19(21(20)25)18-11-8-14-27(3)15-18;5-4(6)1-3(4)2-7/h7,12-13,16-18,22H,4-6,8-11,14-15H2,1-3H3,(H,26,29);2-3H,1H2. The zero-order valence-electron chi connectivity index (χ0n) is 21.6. The summed E-state index contributed by atoms with van der Waals surface area (Å²) in [7, 11) is 2.05. The number of hydrogen-bond acceptors (Lipinski definition) is 4. The first-order valence-corrected chi connectivity index (χ1v) is 13.2. The summed E-state index contributed by atoms with van der Waals surface area (Å²) in [5, 5.41) is 2.92. The number of likely N-dealkylation sites (tertiary alicyclic amines) is 1. The van der Waals surface area contributed by atoms with E-state index in [-0.39, 0.29) is 35.5 Å².